The molecule has 1 aliphatic rings. The first-order valence-corrected chi connectivity index (χ1v) is 12.0. The van der Waals surface area contributed by atoms with Crippen LogP contribution in [0.5, 0.6) is 0 Å². The lowest BCUT2D eigenvalue weighted by Crippen LogP contribution is -2.45. The Hall–Kier alpha value is -4.39. The Bertz CT molecular complexity index is 1500. The lowest BCUT2D eigenvalue weighted by atomic mass is 10.1. The van der Waals surface area contributed by atoms with Crippen molar-refractivity contribution >= 4 is 17.3 Å². The smallest absolute Gasteiger partial charge is 0.367 e. The summed E-state index contributed by atoms with van der Waals surface area (Å²) in [4.78, 5) is 24.6. The van der Waals surface area contributed by atoms with Crippen LogP contribution in [0.15, 0.2) is 55.2 Å². The summed E-state index contributed by atoms with van der Waals surface area (Å²) in [5.74, 6) is -2.18. The summed E-state index contributed by atoms with van der Waals surface area (Å²) in [5, 5.41) is 10.9. The quantitative estimate of drug-likeness (QED) is 0.380. The highest BCUT2D eigenvalue weighted by Gasteiger charge is 2.37. The predicted molar refractivity (Wildman–Crippen MR) is 136 cm³/mol. The lowest BCUT2D eigenvalue weighted by Gasteiger charge is -2.34. The second-order valence-electron chi connectivity index (χ2n) is 9.28. The number of rotatable bonds is 5. The summed E-state index contributed by atoms with van der Waals surface area (Å²) in [6, 6.07) is 6.70. The number of halogens is 4. The molecule has 1 fully saturated rings. The van der Waals surface area contributed by atoms with E-state index >= 15 is 0 Å². The van der Waals surface area contributed by atoms with Crippen LogP contribution >= 0.6 is 0 Å². The van der Waals surface area contributed by atoms with E-state index in [0.717, 1.165) is 5.56 Å². The zero-order valence-electron chi connectivity index (χ0n) is 21.1. The summed E-state index contributed by atoms with van der Waals surface area (Å²) in [6.45, 7) is 3.64. The highest BCUT2D eigenvalue weighted by molar-refractivity contribution is 6.05. The molecule has 39 heavy (non-hydrogen) atoms. The van der Waals surface area contributed by atoms with E-state index in [1.54, 1.807) is 36.8 Å². The van der Waals surface area contributed by atoms with Gasteiger partial charge in [0.05, 0.1) is 23.1 Å². The lowest BCUT2D eigenvalue weighted by molar-refractivity contribution is -0.139. The first-order valence-electron chi connectivity index (χ1n) is 12.0. The number of carbonyl (C=O) groups excluding carboxylic acids is 1. The average molecular weight is 541 g/mol. The Labute approximate surface area is 221 Å². The number of piperazine rings is 1. The molecule has 0 spiro atoms. The van der Waals surface area contributed by atoms with Gasteiger partial charge in [-0.05, 0) is 43.8 Å². The van der Waals surface area contributed by atoms with Crippen molar-refractivity contribution in [2.75, 3.05) is 43.4 Å². The fourth-order valence-corrected chi connectivity index (χ4v) is 4.31. The van der Waals surface area contributed by atoms with Crippen molar-refractivity contribution in [3.8, 4) is 16.9 Å². The Balaban J connectivity index is 1.44. The Morgan fingerprint density at radius 3 is 2.41 bits per heavy atom. The van der Waals surface area contributed by atoms with Gasteiger partial charge in [-0.15, -0.1) is 5.10 Å². The number of hydrogen-bond acceptors (Lipinski definition) is 7. The Morgan fingerprint density at radius 1 is 1.00 bits per heavy atom. The third kappa shape index (κ3) is 5.58. The fraction of sp³-hybridized carbons (Fsp3) is 0.269. The maximum Gasteiger partial charge on any atom is 0.419 e. The third-order valence-electron chi connectivity index (χ3n) is 6.53. The molecule has 0 aliphatic carbocycles. The minimum absolute atomic E-state index is 0.243. The minimum Gasteiger partial charge on any atom is -0.367 e. The number of amides is 1. The van der Waals surface area contributed by atoms with E-state index in [1.165, 1.54) is 22.0 Å². The molecule has 1 aliphatic heterocycles. The first kappa shape index (κ1) is 26.2. The van der Waals surface area contributed by atoms with Crippen LogP contribution in [0, 0.1) is 12.7 Å². The number of aromatic nitrogens is 5. The number of nitrogens with zero attached hydrogens (tertiary/aromatic N) is 7. The van der Waals surface area contributed by atoms with E-state index in [2.05, 4.69) is 25.6 Å². The van der Waals surface area contributed by atoms with Gasteiger partial charge >= 0.3 is 6.18 Å². The molecular formula is C26H24F4N8O. The van der Waals surface area contributed by atoms with Crippen molar-refractivity contribution in [3.05, 3.63) is 77.8 Å². The number of anilines is 2. The second kappa shape index (κ2) is 10.4. The summed E-state index contributed by atoms with van der Waals surface area (Å²) >= 11 is 0. The van der Waals surface area contributed by atoms with E-state index in [0.29, 0.717) is 54.9 Å². The van der Waals surface area contributed by atoms with Crippen LogP contribution in [-0.2, 0) is 6.18 Å². The van der Waals surface area contributed by atoms with Gasteiger partial charge in [0.1, 0.15) is 12.0 Å². The molecule has 0 unspecified atom stereocenters. The molecule has 13 heteroatoms. The topological polar surface area (TPSA) is 92.1 Å². The van der Waals surface area contributed by atoms with Crippen LogP contribution in [0.1, 0.15) is 21.5 Å². The molecule has 0 atom stereocenters. The molecule has 3 heterocycles. The highest BCUT2D eigenvalue weighted by atomic mass is 19.4. The molecule has 1 amide bonds. The third-order valence-corrected chi connectivity index (χ3v) is 6.53. The second-order valence-corrected chi connectivity index (χ2v) is 9.28. The van der Waals surface area contributed by atoms with Crippen molar-refractivity contribution < 1.29 is 22.4 Å². The van der Waals surface area contributed by atoms with Gasteiger partial charge in [-0.1, -0.05) is 11.3 Å². The number of alkyl halides is 3. The van der Waals surface area contributed by atoms with Crippen molar-refractivity contribution in [2.24, 2.45) is 0 Å². The normalized spacial score (nSPS) is 14.5. The monoisotopic (exact) mass is 540 g/mol. The van der Waals surface area contributed by atoms with Gasteiger partial charge in [-0.25, -0.2) is 19.0 Å². The van der Waals surface area contributed by atoms with Crippen molar-refractivity contribution in [3.63, 3.8) is 0 Å². The molecule has 0 saturated carbocycles. The van der Waals surface area contributed by atoms with E-state index in [9.17, 15) is 22.4 Å². The van der Waals surface area contributed by atoms with Gasteiger partial charge in [-0.3, -0.25) is 4.79 Å². The van der Waals surface area contributed by atoms with E-state index in [4.69, 9.17) is 0 Å². The van der Waals surface area contributed by atoms with Crippen LogP contribution in [0.25, 0.3) is 16.9 Å². The SMILES string of the molecule is Cc1ccc(NC(=O)c2cc(N3CCN(C)CC3)c(F)c(C(F)(F)F)c2)cc1-n1cc(-c2cncnc2)nn1. The molecule has 0 bridgehead atoms. The van der Waals surface area contributed by atoms with Crippen molar-refractivity contribution in [2.45, 2.75) is 13.1 Å². The molecule has 1 saturated heterocycles. The summed E-state index contributed by atoms with van der Waals surface area (Å²) in [5.41, 5.74) is 0.905. The molecule has 1 N–H and O–H groups in total. The fourth-order valence-electron chi connectivity index (χ4n) is 4.31. The maximum absolute atomic E-state index is 15.0. The van der Waals surface area contributed by atoms with Gasteiger partial charge in [-0.2, -0.15) is 13.2 Å². The van der Waals surface area contributed by atoms with Crippen LogP contribution < -0.4 is 10.2 Å². The summed E-state index contributed by atoms with van der Waals surface area (Å²) in [7, 11) is 1.88. The molecule has 0 radical (unpaired) electrons. The van der Waals surface area contributed by atoms with Gasteiger partial charge < -0.3 is 15.1 Å². The molecule has 2 aromatic carbocycles. The van der Waals surface area contributed by atoms with Gasteiger partial charge in [0.2, 0.25) is 0 Å². The zero-order chi connectivity index (χ0) is 27.7. The highest BCUT2D eigenvalue weighted by Crippen LogP contribution is 2.37. The molecule has 2 aromatic heterocycles. The summed E-state index contributed by atoms with van der Waals surface area (Å²) < 4.78 is 57.7. The number of aryl methyl sites for hydroxylation is 1. The maximum atomic E-state index is 15.0. The molecule has 9 nitrogen and oxygen atoms in total. The molecule has 5 rings (SSSR count). The van der Waals surface area contributed by atoms with E-state index < -0.39 is 23.5 Å². The van der Waals surface area contributed by atoms with Crippen molar-refractivity contribution in [1.82, 2.24) is 29.9 Å². The number of hydrogen-bond donors (Lipinski definition) is 1. The van der Waals surface area contributed by atoms with Crippen LogP contribution in [0.2, 0.25) is 0 Å². The van der Waals surface area contributed by atoms with Gasteiger partial charge in [0, 0.05) is 55.4 Å². The Morgan fingerprint density at radius 2 is 1.72 bits per heavy atom. The number of carbonyl (C=O) groups is 1. The standard InChI is InChI=1S/C26H24F4N8O/c1-16-3-4-19(11-22(16)38-14-21(34-35-38)18-12-31-15-32-13-18)33-25(39)17-9-20(26(28,29)30)24(27)23(10-17)37-7-5-36(2)6-8-37/h3-4,9-15H,5-8H2,1-2H3,(H,33,39). The van der Waals surface area contributed by atoms with Crippen molar-refractivity contribution in [1.29, 1.82) is 0 Å². The molecule has 202 valence electrons. The first-order chi connectivity index (χ1) is 18.6. The molecular weight excluding hydrogens is 516 g/mol. The number of benzene rings is 2. The van der Waals surface area contributed by atoms with E-state index in [-0.39, 0.29) is 11.3 Å². The summed E-state index contributed by atoms with van der Waals surface area (Å²) in [6.07, 6.45) is 1.30. The molecule has 4 aromatic rings. The number of nitrogens with one attached hydrogen (secondary N) is 1. The largest absolute Gasteiger partial charge is 0.419 e. The predicted octanol–water partition coefficient (Wildman–Crippen LogP) is 4.19. The Kier molecular flexibility index (Phi) is 7.00. The van der Waals surface area contributed by atoms with Gasteiger partial charge in [0.25, 0.3) is 5.91 Å². The average Bonchev–Trinajstić information content (AvgIpc) is 3.40. The minimum atomic E-state index is -4.96. The van der Waals surface area contributed by atoms with Crippen LogP contribution in [0.4, 0.5) is 28.9 Å². The number of likely N-dealkylation sites (N-methyl/N-ethyl adjacent to an activating group) is 1. The van der Waals surface area contributed by atoms with Crippen LogP contribution in [-0.4, -0.2) is 69.0 Å². The van der Waals surface area contributed by atoms with E-state index in [1.807, 2.05) is 18.9 Å². The zero-order valence-corrected chi connectivity index (χ0v) is 21.1. The van der Waals surface area contributed by atoms with Gasteiger partial charge in [0.15, 0.2) is 5.82 Å². The van der Waals surface area contributed by atoms with Crippen LogP contribution in [0.3, 0.4) is 0 Å².